The van der Waals surface area contributed by atoms with Crippen molar-refractivity contribution in [1.82, 2.24) is 0 Å². The summed E-state index contributed by atoms with van der Waals surface area (Å²) >= 11 is 0. The zero-order valence-electron chi connectivity index (χ0n) is 6.49. The molecule has 0 heterocycles. The Labute approximate surface area is 78.1 Å². The third kappa shape index (κ3) is 1.53. The Morgan fingerprint density at radius 2 is 1.50 bits per heavy atom. The molecule has 0 saturated heterocycles. The summed E-state index contributed by atoms with van der Waals surface area (Å²) in [5.41, 5.74) is 0. The Morgan fingerprint density at radius 1 is 0.833 bits per heavy atom. The molecule has 2 aromatic rings. The molecule has 1 nitrogen and oxygen atoms in total. The molecule has 0 amide bonds. The van der Waals surface area contributed by atoms with Gasteiger partial charge in [-0.2, -0.15) is 13.5 Å². The highest BCUT2D eigenvalue weighted by Gasteiger charge is 1.91. The topological polar surface area (TPSA) is 20.2 Å². The Bertz CT molecular complexity index is 384. The largest absolute Gasteiger partial charge is 0.508 e. The highest BCUT2D eigenvalue weighted by atomic mass is 32.1. The smallest absolute Gasteiger partial charge is 0.116 e. The normalized spacial score (nSPS) is 9.33. The molecule has 0 aliphatic heterocycles. The van der Waals surface area contributed by atoms with E-state index in [-0.39, 0.29) is 13.5 Å². The van der Waals surface area contributed by atoms with E-state index in [1.165, 1.54) is 0 Å². The Balaban J connectivity index is 0.000000720. The lowest BCUT2D eigenvalue weighted by Gasteiger charge is -1.96. The molecule has 62 valence electrons. The number of benzene rings is 2. The van der Waals surface area contributed by atoms with E-state index >= 15 is 0 Å². The van der Waals surface area contributed by atoms with Crippen molar-refractivity contribution in [3.63, 3.8) is 0 Å². The molecule has 0 fully saturated rings. The molecule has 0 atom stereocenters. The number of phenols is 1. The van der Waals surface area contributed by atoms with Crippen LogP contribution in [0.3, 0.4) is 0 Å². The van der Waals surface area contributed by atoms with Crippen molar-refractivity contribution in [2.24, 2.45) is 0 Å². The van der Waals surface area contributed by atoms with Crippen molar-refractivity contribution in [1.29, 1.82) is 0 Å². The van der Waals surface area contributed by atoms with Gasteiger partial charge < -0.3 is 5.11 Å². The van der Waals surface area contributed by atoms with Crippen LogP contribution in [-0.4, -0.2) is 5.11 Å². The third-order valence-electron chi connectivity index (χ3n) is 1.73. The highest BCUT2D eigenvalue weighted by molar-refractivity contribution is 7.59. The predicted octanol–water partition coefficient (Wildman–Crippen LogP) is 2.66. The van der Waals surface area contributed by atoms with Gasteiger partial charge in [-0.05, 0) is 22.9 Å². The number of rotatable bonds is 0. The summed E-state index contributed by atoms with van der Waals surface area (Å²) in [4.78, 5) is 0. The molecule has 0 aliphatic rings. The van der Waals surface area contributed by atoms with Crippen molar-refractivity contribution in [2.45, 2.75) is 0 Å². The maximum atomic E-state index is 9.13. The zero-order chi connectivity index (χ0) is 7.68. The quantitative estimate of drug-likeness (QED) is 0.657. The summed E-state index contributed by atoms with van der Waals surface area (Å²) in [6, 6.07) is 13.3. The molecule has 0 spiro atoms. The predicted molar refractivity (Wildman–Crippen MR) is 56.0 cm³/mol. The fourth-order valence-electron chi connectivity index (χ4n) is 1.18. The summed E-state index contributed by atoms with van der Waals surface area (Å²) in [7, 11) is 0. The molecular weight excluding hydrogens is 168 g/mol. The van der Waals surface area contributed by atoms with E-state index in [0.717, 1.165) is 10.8 Å². The van der Waals surface area contributed by atoms with Gasteiger partial charge in [-0.3, -0.25) is 0 Å². The third-order valence-corrected chi connectivity index (χ3v) is 1.73. The van der Waals surface area contributed by atoms with Crippen molar-refractivity contribution >= 4 is 24.3 Å². The molecule has 0 unspecified atom stereocenters. The van der Waals surface area contributed by atoms with Crippen molar-refractivity contribution < 1.29 is 5.11 Å². The van der Waals surface area contributed by atoms with E-state index < -0.39 is 0 Å². The minimum absolute atomic E-state index is 0. The average molecular weight is 178 g/mol. The molecule has 2 heteroatoms. The van der Waals surface area contributed by atoms with Gasteiger partial charge in [0.1, 0.15) is 5.75 Å². The van der Waals surface area contributed by atoms with Crippen LogP contribution in [0.5, 0.6) is 5.75 Å². The van der Waals surface area contributed by atoms with Crippen LogP contribution in [-0.2, 0) is 0 Å². The standard InChI is InChI=1S/C10H8O.H2S/c11-10-6-5-8-3-1-2-4-9(8)7-10;/h1-7,11H;1H2. The van der Waals surface area contributed by atoms with Crippen LogP contribution in [0.1, 0.15) is 0 Å². The minimum Gasteiger partial charge on any atom is -0.508 e. The number of hydrogen-bond donors (Lipinski definition) is 1. The SMILES string of the molecule is Oc1ccc2ccccc2c1.S. The number of fused-ring (bicyclic) bond motifs is 1. The monoisotopic (exact) mass is 178 g/mol. The number of aromatic hydroxyl groups is 1. The molecule has 0 aliphatic carbocycles. The molecular formula is C10H10OS. The van der Waals surface area contributed by atoms with Crippen LogP contribution in [0.25, 0.3) is 10.8 Å². The van der Waals surface area contributed by atoms with Crippen molar-refractivity contribution in [3.05, 3.63) is 42.5 Å². The fourth-order valence-corrected chi connectivity index (χ4v) is 1.18. The summed E-state index contributed by atoms with van der Waals surface area (Å²) in [6.45, 7) is 0. The van der Waals surface area contributed by atoms with Crippen LogP contribution in [0.4, 0.5) is 0 Å². The average Bonchev–Trinajstić information content (AvgIpc) is 2.04. The fraction of sp³-hybridized carbons (Fsp3) is 0. The van der Waals surface area contributed by atoms with Gasteiger partial charge in [-0.1, -0.05) is 30.3 Å². The van der Waals surface area contributed by atoms with Crippen molar-refractivity contribution in [2.75, 3.05) is 0 Å². The summed E-state index contributed by atoms with van der Waals surface area (Å²) in [5.74, 6) is 0.323. The van der Waals surface area contributed by atoms with E-state index in [4.69, 9.17) is 5.11 Å². The molecule has 0 saturated carbocycles. The van der Waals surface area contributed by atoms with Gasteiger partial charge in [0.15, 0.2) is 0 Å². The molecule has 0 bridgehead atoms. The van der Waals surface area contributed by atoms with Gasteiger partial charge in [0, 0.05) is 0 Å². The van der Waals surface area contributed by atoms with Crippen LogP contribution < -0.4 is 0 Å². The van der Waals surface area contributed by atoms with Crippen LogP contribution >= 0.6 is 13.5 Å². The minimum atomic E-state index is 0. The number of hydrogen-bond acceptors (Lipinski definition) is 1. The lowest BCUT2D eigenvalue weighted by Crippen LogP contribution is -1.69. The van der Waals surface area contributed by atoms with E-state index in [2.05, 4.69) is 0 Å². The highest BCUT2D eigenvalue weighted by Crippen LogP contribution is 2.18. The summed E-state index contributed by atoms with van der Waals surface area (Å²) in [6.07, 6.45) is 0. The van der Waals surface area contributed by atoms with Gasteiger partial charge in [-0.15, -0.1) is 0 Å². The molecule has 0 radical (unpaired) electrons. The first-order valence-corrected chi connectivity index (χ1v) is 3.54. The van der Waals surface area contributed by atoms with E-state index in [9.17, 15) is 0 Å². The second-order valence-electron chi connectivity index (χ2n) is 2.53. The van der Waals surface area contributed by atoms with Gasteiger partial charge in [-0.25, -0.2) is 0 Å². The van der Waals surface area contributed by atoms with E-state index in [1.807, 2.05) is 30.3 Å². The van der Waals surface area contributed by atoms with Crippen LogP contribution in [0.15, 0.2) is 42.5 Å². The summed E-state index contributed by atoms with van der Waals surface area (Å²) in [5, 5.41) is 11.4. The van der Waals surface area contributed by atoms with E-state index in [0.29, 0.717) is 5.75 Å². The maximum Gasteiger partial charge on any atom is 0.116 e. The van der Waals surface area contributed by atoms with Gasteiger partial charge in [0.25, 0.3) is 0 Å². The van der Waals surface area contributed by atoms with E-state index in [1.54, 1.807) is 12.1 Å². The molecule has 12 heavy (non-hydrogen) atoms. The lowest BCUT2D eigenvalue weighted by atomic mass is 10.1. The Kier molecular flexibility index (Phi) is 2.61. The maximum absolute atomic E-state index is 9.13. The van der Waals surface area contributed by atoms with Crippen LogP contribution in [0, 0.1) is 0 Å². The van der Waals surface area contributed by atoms with Gasteiger partial charge in [0.2, 0.25) is 0 Å². The van der Waals surface area contributed by atoms with Crippen LogP contribution in [0.2, 0.25) is 0 Å². The summed E-state index contributed by atoms with van der Waals surface area (Å²) < 4.78 is 0. The van der Waals surface area contributed by atoms with Gasteiger partial charge >= 0.3 is 0 Å². The number of phenolic OH excluding ortho intramolecular Hbond substituents is 1. The Hall–Kier alpha value is -1.15. The van der Waals surface area contributed by atoms with Gasteiger partial charge in [0.05, 0.1) is 0 Å². The molecule has 2 aromatic carbocycles. The molecule has 1 N–H and O–H groups in total. The first-order valence-electron chi connectivity index (χ1n) is 3.54. The van der Waals surface area contributed by atoms with Crippen molar-refractivity contribution in [3.8, 4) is 5.75 Å². The first-order chi connectivity index (χ1) is 5.36. The first kappa shape index (κ1) is 8.94. The molecule has 0 aromatic heterocycles. The lowest BCUT2D eigenvalue weighted by molar-refractivity contribution is 0.476. The Morgan fingerprint density at radius 3 is 2.25 bits per heavy atom. The zero-order valence-corrected chi connectivity index (χ0v) is 7.49. The second-order valence-corrected chi connectivity index (χ2v) is 2.53. The second kappa shape index (κ2) is 3.50. The molecule has 2 rings (SSSR count).